The van der Waals surface area contributed by atoms with Gasteiger partial charge in [0.05, 0.1) is 5.69 Å². The number of rotatable bonds is 3. The molecule has 2 aromatic rings. The summed E-state index contributed by atoms with van der Waals surface area (Å²) >= 11 is 5.86. The Kier molecular flexibility index (Phi) is 3.86. The van der Waals surface area contributed by atoms with Crippen molar-refractivity contribution in [1.29, 1.82) is 0 Å². The molecule has 1 saturated heterocycles. The maximum Gasteiger partial charge on any atom is 0.329 e. The highest BCUT2D eigenvalue weighted by Crippen LogP contribution is 2.24. The minimum absolute atomic E-state index is 0.228. The molecular formula is C17H15ClN2O2. The minimum atomic E-state index is -0.548. The monoisotopic (exact) mass is 314 g/mol. The van der Waals surface area contributed by atoms with E-state index in [4.69, 9.17) is 11.6 Å². The molecule has 5 heteroatoms. The Labute approximate surface area is 133 Å². The molecule has 0 aliphatic carbocycles. The third-order valence-corrected chi connectivity index (χ3v) is 3.98. The molecule has 1 unspecified atom stereocenters. The second kappa shape index (κ2) is 5.81. The molecule has 22 heavy (non-hydrogen) atoms. The number of amides is 3. The molecule has 1 N–H and O–H groups in total. The maximum atomic E-state index is 12.6. The number of benzene rings is 2. The van der Waals surface area contributed by atoms with Gasteiger partial charge in [0.2, 0.25) is 0 Å². The second-order valence-electron chi connectivity index (χ2n) is 5.29. The van der Waals surface area contributed by atoms with E-state index in [0.717, 1.165) is 11.1 Å². The summed E-state index contributed by atoms with van der Waals surface area (Å²) in [6, 6.07) is 13.7. The number of carbonyl (C=O) groups is 2. The average molecular weight is 315 g/mol. The summed E-state index contributed by atoms with van der Waals surface area (Å²) in [6.45, 7) is 1.88. The zero-order valence-corrected chi connectivity index (χ0v) is 12.8. The van der Waals surface area contributed by atoms with Crippen molar-refractivity contribution in [2.75, 3.05) is 4.90 Å². The van der Waals surface area contributed by atoms with Crippen LogP contribution < -0.4 is 10.2 Å². The molecule has 0 saturated carbocycles. The van der Waals surface area contributed by atoms with E-state index in [1.54, 1.807) is 18.2 Å². The van der Waals surface area contributed by atoms with Gasteiger partial charge in [-0.25, -0.2) is 9.69 Å². The number of hydrogen-bond acceptors (Lipinski definition) is 2. The third kappa shape index (κ3) is 2.70. The van der Waals surface area contributed by atoms with E-state index in [1.807, 2.05) is 37.3 Å². The van der Waals surface area contributed by atoms with Crippen LogP contribution in [0.3, 0.4) is 0 Å². The molecule has 2 aromatic carbocycles. The SMILES string of the molecule is Cc1ccccc1N1C(=O)NC(Cc2ccc(Cl)cc2)C1=O. The first kappa shape index (κ1) is 14.6. The van der Waals surface area contributed by atoms with Gasteiger partial charge in [0, 0.05) is 11.4 Å². The highest BCUT2D eigenvalue weighted by Gasteiger charge is 2.39. The predicted octanol–water partition coefficient (Wildman–Crippen LogP) is 3.32. The molecule has 0 spiro atoms. The minimum Gasteiger partial charge on any atom is -0.325 e. The summed E-state index contributed by atoms with van der Waals surface area (Å²) in [4.78, 5) is 25.9. The molecule has 112 valence electrons. The molecule has 3 amide bonds. The first-order valence-corrected chi connectivity index (χ1v) is 7.38. The number of anilines is 1. The van der Waals surface area contributed by atoms with Crippen LogP contribution >= 0.6 is 11.6 Å². The predicted molar refractivity (Wildman–Crippen MR) is 86.1 cm³/mol. The Hall–Kier alpha value is -2.33. The number of halogens is 1. The molecule has 0 aromatic heterocycles. The quantitative estimate of drug-likeness (QED) is 0.884. The Balaban J connectivity index is 1.82. The van der Waals surface area contributed by atoms with Crippen LogP contribution in [0.25, 0.3) is 0 Å². The van der Waals surface area contributed by atoms with E-state index in [0.29, 0.717) is 17.1 Å². The molecule has 0 radical (unpaired) electrons. The Morgan fingerprint density at radius 1 is 1.09 bits per heavy atom. The van der Waals surface area contributed by atoms with Crippen LogP contribution in [-0.2, 0) is 11.2 Å². The summed E-state index contributed by atoms with van der Waals surface area (Å²) in [5.74, 6) is -0.228. The average Bonchev–Trinajstić information content (AvgIpc) is 2.77. The van der Waals surface area contributed by atoms with E-state index < -0.39 is 6.04 Å². The van der Waals surface area contributed by atoms with Gasteiger partial charge in [0.15, 0.2) is 0 Å². The van der Waals surface area contributed by atoms with E-state index in [1.165, 1.54) is 4.90 Å². The highest BCUT2D eigenvalue weighted by atomic mass is 35.5. The van der Waals surface area contributed by atoms with Crippen molar-refractivity contribution in [3.05, 3.63) is 64.7 Å². The number of urea groups is 1. The lowest BCUT2D eigenvalue weighted by atomic mass is 10.1. The van der Waals surface area contributed by atoms with Gasteiger partial charge in [-0.3, -0.25) is 4.79 Å². The smallest absolute Gasteiger partial charge is 0.325 e. The topological polar surface area (TPSA) is 49.4 Å². The van der Waals surface area contributed by atoms with Crippen molar-refractivity contribution in [3.63, 3.8) is 0 Å². The van der Waals surface area contributed by atoms with Crippen LogP contribution in [0.2, 0.25) is 5.02 Å². The molecule has 1 heterocycles. The standard InChI is InChI=1S/C17H15ClN2O2/c1-11-4-2-3-5-15(11)20-16(21)14(19-17(20)22)10-12-6-8-13(18)9-7-12/h2-9,14H,10H2,1H3,(H,19,22). The van der Waals surface area contributed by atoms with Gasteiger partial charge in [0.25, 0.3) is 5.91 Å². The summed E-state index contributed by atoms with van der Waals surface area (Å²) in [5.41, 5.74) is 2.47. The van der Waals surface area contributed by atoms with Crippen LogP contribution in [-0.4, -0.2) is 18.0 Å². The van der Waals surface area contributed by atoms with Crippen molar-refractivity contribution < 1.29 is 9.59 Å². The van der Waals surface area contributed by atoms with Crippen molar-refractivity contribution in [2.24, 2.45) is 0 Å². The number of para-hydroxylation sites is 1. The Morgan fingerprint density at radius 3 is 2.45 bits per heavy atom. The van der Waals surface area contributed by atoms with Gasteiger partial charge >= 0.3 is 6.03 Å². The van der Waals surface area contributed by atoms with Gasteiger partial charge in [-0.1, -0.05) is 41.9 Å². The fourth-order valence-corrected chi connectivity index (χ4v) is 2.69. The van der Waals surface area contributed by atoms with Crippen LogP contribution in [0.15, 0.2) is 48.5 Å². The summed E-state index contributed by atoms with van der Waals surface area (Å²) < 4.78 is 0. The summed E-state index contributed by atoms with van der Waals surface area (Å²) in [5, 5.41) is 3.39. The largest absolute Gasteiger partial charge is 0.329 e. The Morgan fingerprint density at radius 2 is 1.77 bits per heavy atom. The zero-order chi connectivity index (χ0) is 15.7. The summed E-state index contributed by atoms with van der Waals surface area (Å²) in [7, 11) is 0. The molecule has 1 aliphatic rings. The first-order chi connectivity index (χ1) is 10.6. The van der Waals surface area contributed by atoms with E-state index in [9.17, 15) is 9.59 Å². The second-order valence-corrected chi connectivity index (χ2v) is 5.73. The lowest BCUT2D eigenvalue weighted by molar-refractivity contribution is -0.118. The van der Waals surface area contributed by atoms with Crippen molar-refractivity contribution in [3.8, 4) is 0 Å². The lowest BCUT2D eigenvalue weighted by Gasteiger charge is -2.15. The Bertz CT molecular complexity index is 728. The highest BCUT2D eigenvalue weighted by molar-refractivity contribution is 6.30. The number of nitrogens with one attached hydrogen (secondary N) is 1. The fraction of sp³-hybridized carbons (Fsp3) is 0.176. The first-order valence-electron chi connectivity index (χ1n) is 7.01. The molecule has 1 fully saturated rings. The van der Waals surface area contributed by atoms with Crippen molar-refractivity contribution >= 4 is 29.2 Å². The normalized spacial score (nSPS) is 17.7. The maximum absolute atomic E-state index is 12.6. The fourth-order valence-electron chi connectivity index (χ4n) is 2.57. The number of hydrogen-bond donors (Lipinski definition) is 1. The van der Waals surface area contributed by atoms with Gasteiger partial charge in [-0.15, -0.1) is 0 Å². The van der Waals surface area contributed by atoms with Crippen LogP contribution in [0.5, 0.6) is 0 Å². The number of imide groups is 1. The van der Waals surface area contributed by atoms with Crippen LogP contribution in [0.4, 0.5) is 10.5 Å². The zero-order valence-electron chi connectivity index (χ0n) is 12.0. The number of aryl methyl sites for hydroxylation is 1. The van der Waals surface area contributed by atoms with Gasteiger partial charge < -0.3 is 5.32 Å². The number of carbonyl (C=O) groups excluding carboxylic acids is 2. The molecule has 4 nitrogen and oxygen atoms in total. The van der Waals surface area contributed by atoms with Crippen molar-refractivity contribution in [1.82, 2.24) is 5.32 Å². The van der Waals surface area contributed by atoms with E-state index >= 15 is 0 Å². The molecule has 0 bridgehead atoms. The summed E-state index contributed by atoms with van der Waals surface area (Å²) in [6.07, 6.45) is 0.449. The van der Waals surface area contributed by atoms with Crippen LogP contribution in [0.1, 0.15) is 11.1 Å². The molecule has 1 aliphatic heterocycles. The van der Waals surface area contributed by atoms with Crippen LogP contribution in [0, 0.1) is 6.92 Å². The van der Waals surface area contributed by atoms with Gasteiger partial charge in [0.1, 0.15) is 6.04 Å². The third-order valence-electron chi connectivity index (χ3n) is 3.73. The lowest BCUT2D eigenvalue weighted by Crippen LogP contribution is -2.32. The van der Waals surface area contributed by atoms with E-state index in [-0.39, 0.29) is 11.9 Å². The number of nitrogens with zero attached hydrogens (tertiary/aromatic N) is 1. The van der Waals surface area contributed by atoms with Crippen molar-refractivity contribution in [2.45, 2.75) is 19.4 Å². The van der Waals surface area contributed by atoms with E-state index in [2.05, 4.69) is 5.32 Å². The van der Waals surface area contributed by atoms with Gasteiger partial charge in [-0.2, -0.15) is 0 Å². The van der Waals surface area contributed by atoms with Gasteiger partial charge in [-0.05, 0) is 36.2 Å². The molecular weight excluding hydrogens is 300 g/mol. The molecule has 1 atom stereocenters. The molecule has 3 rings (SSSR count).